The first kappa shape index (κ1) is 16.5. The average molecular weight is 479 g/mol. The second kappa shape index (κ2) is 7.01. The van der Waals surface area contributed by atoms with E-state index in [4.69, 9.17) is 0 Å². The number of hydrogen-bond donors (Lipinski definition) is 0. The molecule has 0 aliphatic heterocycles. The van der Waals surface area contributed by atoms with E-state index in [2.05, 4.69) is 98.3 Å². The highest BCUT2D eigenvalue weighted by atomic mass is 127. The summed E-state index contributed by atoms with van der Waals surface area (Å²) >= 11 is 5.80. The molecule has 1 heterocycles. The molecule has 0 spiro atoms. The van der Waals surface area contributed by atoms with Crippen molar-refractivity contribution < 1.29 is 0 Å². The number of benzene rings is 2. The minimum atomic E-state index is 1.00. The molecule has 0 radical (unpaired) electrons. The quantitative estimate of drug-likeness (QED) is 0.314. The Labute approximate surface area is 158 Å². The fraction of sp³-hybridized carbons (Fsp3) is 0.105. The Morgan fingerprint density at radius 2 is 1.74 bits per heavy atom. The van der Waals surface area contributed by atoms with Crippen LogP contribution in [0.2, 0.25) is 0 Å². The van der Waals surface area contributed by atoms with Crippen LogP contribution in [0.3, 0.4) is 0 Å². The number of halogens is 2. The monoisotopic (exact) mass is 478 g/mol. The fourth-order valence-corrected chi connectivity index (χ4v) is 3.39. The number of para-hydroxylation sites is 1. The zero-order chi connectivity index (χ0) is 16.4. The Morgan fingerprint density at radius 3 is 2.43 bits per heavy atom. The Bertz CT molecular complexity index is 864. The maximum absolute atomic E-state index is 4.65. The van der Waals surface area contributed by atoms with Gasteiger partial charge in [0.15, 0.2) is 0 Å². The van der Waals surface area contributed by atoms with Gasteiger partial charge in [-0.05, 0) is 78.9 Å². The third-order valence-electron chi connectivity index (χ3n) is 3.75. The van der Waals surface area contributed by atoms with Crippen molar-refractivity contribution in [1.82, 2.24) is 4.57 Å². The van der Waals surface area contributed by atoms with Gasteiger partial charge >= 0.3 is 0 Å². The SMILES string of the molecule is Cc1cc(C=Nc2ccccc2I)c(C)n1-c1ccc(Br)cc1. The van der Waals surface area contributed by atoms with Gasteiger partial charge < -0.3 is 4.57 Å². The van der Waals surface area contributed by atoms with Gasteiger partial charge in [-0.2, -0.15) is 0 Å². The lowest BCUT2D eigenvalue weighted by atomic mass is 10.2. The van der Waals surface area contributed by atoms with Crippen LogP contribution in [0.15, 0.2) is 64.1 Å². The summed E-state index contributed by atoms with van der Waals surface area (Å²) in [6.07, 6.45) is 1.95. The molecule has 0 bridgehead atoms. The number of nitrogens with zero attached hydrogens (tertiary/aromatic N) is 2. The van der Waals surface area contributed by atoms with E-state index in [9.17, 15) is 0 Å². The molecule has 0 saturated carbocycles. The molecular formula is C19H16BrIN2. The number of aliphatic imine (C=N–C) groups is 1. The van der Waals surface area contributed by atoms with Crippen molar-refractivity contribution in [2.75, 3.05) is 0 Å². The maximum atomic E-state index is 4.65. The summed E-state index contributed by atoms with van der Waals surface area (Å²) in [5.41, 5.74) is 5.71. The molecule has 3 aromatic rings. The first-order valence-electron chi connectivity index (χ1n) is 7.30. The summed E-state index contributed by atoms with van der Waals surface area (Å²) in [4.78, 5) is 4.65. The van der Waals surface area contributed by atoms with Gasteiger partial charge in [0.2, 0.25) is 0 Å². The number of aromatic nitrogens is 1. The first-order valence-corrected chi connectivity index (χ1v) is 9.17. The van der Waals surface area contributed by atoms with Gasteiger partial charge in [0.25, 0.3) is 0 Å². The molecule has 0 saturated heterocycles. The van der Waals surface area contributed by atoms with Crippen LogP contribution < -0.4 is 0 Å². The van der Waals surface area contributed by atoms with Crippen LogP contribution in [-0.2, 0) is 0 Å². The molecule has 116 valence electrons. The number of aryl methyl sites for hydroxylation is 1. The zero-order valence-electron chi connectivity index (χ0n) is 12.9. The lowest BCUT2D eigenvalue weighted by Gasteiger charge is -2.09. The number of rotatable bonds is 3. The lowest BCUT2D eigenvalue weighted by molar-refractivity contribution is 0.964. The largest absolute Gasteiger partial charge is 0.318 e. The van der Waals surface area contributed by atoms with Crippen LogP contribution in [0.1, 0.15) is 17.0 Å². The highest BCUT2D eigenvalue weighted by Gasteiger charge is 2.09. The van der Waals surface area contributed by atoms with Crippen LogP contribution in [0.25, 0.3) is 5.69 Å². The highest BCUT2D eigenvalue weighted by molar-refractivity contribution is 14.1. The van der Waals surface area contributed by atoms with E-state index in [1.165, 1.54) is 11.4 Å². The third-order valence-corrected chi connectivity index (χ3v) is 5.19. The first-order chi connectivity index (χ1) is 11.1. The Kier molecular flexibility index (Phi) is 5.02. The van der Waals surface area contributed by atoms with Crippen molar-refractivity contribution in [3.63, 3.8) is 0 Å². The van der Waals surface area contributed by atoms with Crippen molar-refractivity contribution in [3.05, 3.63) is 79.6 Å². The minimum Gasteiger partial charge on any atom is -0.318 e. The van der Waals surface area contributed by atoms with Gasteiger partial charge in [-0.15, -0.1) is 0 Å². The molecule has 0 atom stereocenters. The molecule has 3 rings (SSSR count). The van der Waals surface area contributed by atoms with Crippen LogP contribution in [0.5, 0.6) is 0 Å². The van der Waals surface area contributed by atoms with Crippen molar-refractivity contribution in [2.45, 2.75) is 13.8 Å². The molecule has 0 amide bonds. The highest BCUT2D eigenvalue weighted by Crippen LogP contribution is 2.23. The van der Waals surface area contributed by atoms with E-state index < -0.39 is 0 Å². The smallest absolute Gasteiger partial charge is 0.0763 e. The van der Waals surface area contributed by atoms with Gasteiger partial charge in [-0.1, -0.05) is 28.1 Å². The average Bonchev–Trinajstić information content (AvgIpc) is 2.82. The Hall–Kier alpha value is -1.40. The van der Waals surface area contributed by atoms with E-state index >= 15 is 0 Å². The molecule has 2 aromatic carbocycles. The fourth-order valence-electron chi connectivity index (χ4n) is 2.60. The molecule has 0 aliphatic rings. The Balaban J connectivity index is 1.98. The van der Waals surface area contributed by atoms with E-state index in [-0.39, 0.29) is 0 Å². The molecular weight excluding hydrogens is 463 g/mol. The van der Waals surface area contributed by atoms with E-state index in [1.54, 1.807) is 0 Å². The number of hydrogen-bond acceptors (Lipinski definition) is 1. The third kappa shape index (κ3) is 3.58. The standard InChI is InChI=1S/C19H16BrIN2/c1-13-11-15(12-22-19-6-4-3-5-18(19)21)14(2)23(13)17-9-7-16(20)8-10-17/h3-12H,1-2H3. The summed E-state index contributed by atoms with van der Waals surface area (Å²) < 4.78 is 4.50. The second-order valence-corrected chi connectivity index (χ2v) is 7.43. The molecule has 2 nitrogen and oxygen atoms in total. The minimum absolute atomic E-state index is 1.00. The topological polar surface area (TPSA) is 17.3 Å². The van der Waals surface area contributed by atoms with Gasteiger partial charge in [0.1, 0.15) is 0 Å². The van der Waals surface area contributed by atoms with Crippen LogP contribution in [0, 0.1) is 17.4 Å². The summed E-state index contributed by atoms with van der Waals surface area (Å²) in [6, 6.07) is 18.7. The molecule has 0 aliphatic carbocycles. The Morgan fingerprint density at radius 1 is 1.04 bits per heavy atom. The molecule has 0 unspecified atom stereocenters. The predicted octanol–water partition coefficient (Wildman–Crippen LogP) is 6.21. The van der Waals surface area contributed by atoms with Crippen LogP contribution >= 0.6 is 38.5 Å². The van der Waals surface area contributed by atoms with Crippen molar-refractivity contribution >= 4 is 50.4 Å². The molecule has 1 aromatic heterocycles. The summed E-state index contributed by atoms with van der Waals surface area (Å²) in [7, 11) is 0. The normalized spacial score (nSPS) is 11.3. The van der Waals surface area contributed by atoms with Crippen molar-refractivity contribution in [2.24, 2.45) is 4.99 Å². The summed E-state index contributed by atoms with van der Waals surface area (Å²) in [5, 5.41) is 0. The predicted molar refractivity (Wildman–Crippen MR) is 109 cm³/mol. The van der Waals surface area contributed by atoms with Crippen molar-refractivity contribution in [1.29, 1.82) is 0 Å². The molecule has 4 heteroatoms. The van der Waals surface area contributed by atoms with Gasteiger partial charge in [-0.25, -0.2) is 0 Å². The van der Waals surface area contributed by atoms with E-state index in [0.717, 1.165) is 25.0 Å². The van der Waals surface area contributed by atoms with Gasteiger partial charge in [0, 0.05) is 36.9 Å². The van der Waals surface area contributed by atoms with E-state index in [1.807, 2.05) is 24.4 Å². The molecule has 23 heavy (non-hydrogen) atoms. The maximum Gasteiger partial charge on any atom is 0.0763 e. The molecule has 0 fully saturated rings. The zero-order valence-corrected chi connectivity index (χ0v) is 16.7. The second-order valence-electron chi connectivity index (χ2n) is 5.35. The summed E-state index contributed by atoms with van der Waals surface area (Å²) in [6.45, 7) is 4.25. The van der Waals surface area contributed by atoms with Gasteiger partial charge in [-0.3, -0.25) is 4.99 Å². The van der Waals surface area contributed by atoms with Crippen molar-refractivity contribution in [3.8, 4) is 5.69 Å². The molecule has 0 N–H and O–H groups in total. The van der Waals surface area contributed by atoms with E-state index in [0.29, 0.717) is 0 Å². The van der Waals surface area contributed by atoms with Gasteiger partial charge in [0.05, 0.1) is 5.69 Å². The van der Waals surface area contributed by atoms with Crippen LogP contribution in [0.4, 0.5) is 5.69 Å². The lowest BCUT2D eigenvalue weighted by Crippen LogP contribution is -1.99. The van der Waals surface area contributed by atoms with Crippen LogP contribution in [-0.4, -0.2) is 10.8 Å². The summed E-state index contributed by atoms with van der Waals surface area (Å²) in [5.74, 6) is 0.